The van der Waals surface area contributed by atoms with Crippen LogP contribution in [0, 0.1) is 23.4 Å². The van der Waals surface area contributed by atoms with Gasteiger partial charge in [0.25, 0.3) is 0 Å². The Bertz CT molecular complexity index is 369. The minimum Gasteiger partial charge on any atom is -0.310 e. The van der Waals surface area contributed by atoms with E-state index in [9.17, 15) is 13.2 Å². The average molecular weight is 229 g/mol. The highest BCUT2D eigenvalue weighted by molar-refractivity contribution is 5.23. The van der Waals surface area contributed by atoms with E-state index in [0.29, 0.717) is 11.5 Å². The summed E-state index contributed by atoms with van der Waals surface area (Å²) in [5.74, 6) is -3.32. The van der Waals surface area contributed by atoms with Crippen LogP contribution in [-0.2, 0) is 0 Å². The molecule has 88 valence electrons. The molecule has 0 amide bonds. The molecule has 1 saturated heterocycles. The van der Waals surface area contributed by atoms with Gasteiger partial charge in [-0.25, -0.2) is 13.2 Å². The van der Waals surface area contributed by atoms with Crippen LogP contribution in [0.15, 0.2) is 12.1 Å². The van der Waals surface area contributed by atoms with Crippen molar-refractivity contribution in [2.75, 3.05) is 6.54 Å². The lowest BCUT2D eigenvalue weighted by atomic mass is 9.88. The predicted octanol–water partition coefficient (Wildman–Crippen LogP) is 3.16. The molecule has 1 aliphatic heterocycles. The highest BCUT2D eigenvalue weighted by Gasteiger charge is 2.24. The highest BCUT2D eigenvalue weighted by atomic mass is 19.2. The van der Waals surface area contributed by atoms with E-state index in [1.165, 1.54) is 0 Å². The molecule has 1 aliphatic rings. The zero-order valence-corrected chi connectivity index (χ0v) is 9.06. The maximum Gasteiger partial charge on any atom is 0.194 e. The van der Waals surface area contributed by atoms with Gasteiger partial charge < -0.3 is 5.32 Å². The summed E-state index contributed by atoms with van der Waals surface area (Å²) in [6.07, 6.45) is 2.07. The second kappa shape index (κ2) is 4.45. The van der Waals surface area contributed by atoms with E-state index < -0.39 is 17.5 Å². The Morgan fingerprint density at radius 3 is 2.38 bits per heavy atom. The lowest BCUT2D eigenvalue weighted by Crippen LogP contribution is -2.33. The van der Waals surface area contributed by atoms with Crippen molar-refractivity contribution in [1.82, 2.24) is 5.32 Å². The smallest absolute Gasteiger partial charge is 0.194 e. The van der Waals surface area contributed by atoms with Crippen LogP contribution in [0.1, 0.15) is 31.4 Å². The Labute approximate surface area is 92.7 Å². The molecule has 1 fully saturated rings. The molecule has 1 aromatic rings. The van der Waals surface area contributed by atoms with Crippen LogP contribution in [0.3, 0.4) is 0 Å². The molecule has 0 aliphatic carbocycles. The molecule has 1 nitrogen and oxygen atoms in total. The third kappa shape index (κ3) is 2.07. The number of piperidine rings is 1. The highest BCUT2D eigenvalue weighted by Crippen LogP contribution is 2.30. The fourth-order valence-corrected chi connectivity index (χ4v) is 2.25. The molecule has 2 unspecified atom stereocenters. The van der Waals surface area contributed by atoms with E-state index in [2.05, 4.69) is 5.32 Å². The van der Waals surface area contributed by atoms with Crippen molar-refractivity contribution < 1.29 is 13.2 Å². The van der Waals surface area contributed by atoms with E-state index in [4.69, 9.17) is 0 Å². The summed E-state index contributed by atoms with van der Waals surface area (Å²) in [7, 11) is 0. The molecule has 16 heavy (non-hydrogen) atoms. The minimum atomic E-state index is -1.40. The van der Waals surface area contributed by atoms with E-state index in [-0.39, 0.29) is 6.04 Å². The third-order valence-electron chi connectivity index (χ3n) is 3.13. The summed E-state index contributed by atoms with van der Waals surface area (Å²) in [5, 5.41) is 3.20. The van der Waals surface area contributed by atoms with E-state index in [1.807, 2.05) is 6.92 Å². The van der Waals surface area contributed by atoms with Gasteiger partial charge >= 0.3 is 0 Å². The normalized spacial score (nSPS) is 25.8. The van der Waals surface area contributed by atoms with Crippen molar-refractivity contribution in [3.05, 3.63) is 35.1 Å². The Kier molecular flexibility index (Phi) is 3.19. The van der Waals surface area contributed by atoms with Crippen molar-refractivity contribution in [2.45, 2.75) is 25.8 Å². The Balaban J connectivity index is 2.32. The van der Waals surface area contributed by atoms with Crippen molar-refractivity contribution in [1.29, 1.82) is 0 Å². The quantitative estimate of drug-likeness (QED) is 0.729. The van der Waals surface area contributed by atoms with Gasteiger partial charge in [-0.3, -0.25) is 0 Å². The van der Waals surface area contributed by atoms with E-state index in [0.717, 1.165) is 31.5 Å². The number of rotatable bonds is 1. The molecule has 0 aromatic heterocycles. The van der Waals surface area contributed by atoms with Gasteiger partial charge in [0.2, 0.25) is 0 Å². The van der Waals surface area contributed by atoms with Crippen molar-refractivity contribution in [2.24, 2.45) is 5.92 Å². The zero-order valence-electron chi connectivity index (χ0n) is 9.06. The molecular weight excluding hydrogens is 215 g/mol. The molecule has 0 saturated carbocycles. The van der Waals surface area contributed by atoms with Crippen LogP contribution < -0.4 is 5.32 Å². The van der Waals surface area contributed by atoms with Gasteiger partial charge in [-0.15, -0.1) is 0 Å². The molecule has 1 N–H and O–H groups in total. The van der Waals surface area contributed by atoms with Crippen LogP contribution in [0.4, 0.5) is 13.2 Å². The van der Waals surface area contributed by atoms with Gasteiger partial charge in [0.15, 0.2) is 17.5 Å². The molecule has 1 heterocycles. The Morgan fingerprint density at radius 1 is 1.19 bits per heavy atom. The van der Waals surface area contributed by atoms with Crippen LogP contribution in [0.25, 0.3) is 0 Å². The lowest BCUT2D eigenvalue weighted by Gasteiger charge is -2.30. The lowest BCUT2D eigenvalue weighted by molar-refractivity contribution is 0.303. The maximum atomic E-state index is 13.1. The largest absolute Gasteiger partial charge is 0.310 e. The summed E-state index contributed by atoms with van der Waals surface area (Å²) >= 11 is 0. The molecule has 0 bridgehead atoms. The van der Waals surface area contributed by atoms with E-state index >= 15 is 0 Å². The molecule has 4 heteroatoms. The fraction of sp³-hybridized carbons (Fsp3) is 0.500. The zero-order chi connectivity index (χ0) is 11.7. The second-order valence-corrected chi connectivity index (χ2v) is 4.35. The molecule has 0 radical (unpaired) electrons. The number of nitrogens with one attached hydrogen (secondary N) is 1. The standard InChI is InChI=1S/C12H14F3N/c1-7-3-2-4-16-12(7)8-5-9(13)11(15)10(14)6-8/h5-7,12,16H,2-4H2,1H3. The first-order valence-electron chi connectivity index (χ1n) is 5.47. The third-order valence-corrected chi connectivity index (χ3v) is 3.13. The summed E-state index contributed by atoms with van der Waals surface area (Å²) < 4.78 is 39.0. The fourth-order valence-electron chi connectivity index (χ4n) is 2.25. The maximum absolute atomic E-state index is 13.1. The molecular formula is C12H14F3N. The van der Waals surface area contributed by atoms with Gasteiger partial charge in [-0.2, -0.15) is 0 Å². The Hall–Kier alpha value is -1.03. The summed E-state index contributed by atoms with van der Waals surface area (Å²) in [6, 6.07) is 2.08. The first-order chi connectivity index (χ1) is 7.59. The molecule has 0 spiro atoms. The summed E-state index contributed by atoms with van der Waals surface area (Å²) in [5.41, 5.74) is 0.489. The number of halogens is 3. The number of benzene rings is 1. The SMILES string of the molecule is CC1CCCNC1c1cc(F)c(F)c(F)c1. The van der Waals surface area contributed by atoms with Crippen LogP contribution in [-0.4, -0.2) is 6.54 Å². The van der Waals surface area contributed by atoms with Crippen LogP contribution in [0.5, 0.6) is 0 Å². The minimum absolute atomic E-state index is 0.0849. The Morgan fingerprint density at radius 2 is 1.81 bits per heavy atom. The first kappa shape index (κ1) is 11.5. The van der Waals surface area contributed by atoms with Crippen molar-refractivity contribution in [3.63, 3.8) is 0 Å². The van der Waals surface area contributed by atoms with Gasteiger partial charge in [0.05, 0.1) is 0 Å². The second-order valence-electron chi connectivity index (χ2n) is 4.35. The number of hydrogen-bond acceptors (Lipinski definition) is 1. The van der Waals surface area contributed by atoms with Crippen LogP contribution >= 0.6 is 0 Å². The van der Waals surface area contributed by atoms with Gasteiger partial charge in [-0.1, -0.05) is 6.92 Å². The van der Waals surface area contributed by atoms with Gasteiger partial charge in [0.1, 0.15) is 0 Å². The van der Waals surface area contributed by atoms with Gasteiger partial charge in [0, 0.05) is 6.04 Å². The molecule has 1 aromatic carbocycles. The predicted molar refractivity (Wildman–Crippen MR) is 55.5 cm³/mol. The molecule has 2 atom stereocenters. The number of hydrogen-bond donors (Lipinski definition) is 1. The van der Waals surface area contributed by atoms with Crippen LogP contribution in [0.2, 0.25) is 0 Å². The topological polar surface area (TPSA) is 12.0 Å². The van der Waals surface area contributed by atoms with Crippen molar-refractivity contribution >= 4 is 0 Å². The van der Waals surface area contributed by atoms with Crippen molar-refractivity contribution in [3.8, 4) is 0 Å². The average Bonchev–Trinajstić information content (AvgIpc) is 2.26. The summed E-state index contributed by atoms with van der Waals surface area (Å²) in [4.78, 5) is 0. The summed E-state index contributed by atoms with van der Waals surface area (Å²) in [6.45, 7) is 2.85. The first-order valence-corrected chi connectivity index (χ1v) is 5.47. The van der Waals surface area contributed by atoms with Gasteiger partial charge in [-0.05, 0) is 43.0 Å². The molecule has 2 rings (SSSR count). The van der Waals surface area contributed by atoms with E-state index in [1.54, 1.807) is 0 Å². The monoisotopic (exact) mass is 229 g/mol.